The average molecular weight is 249 g/mol. The number of rotatable bonds is 2. The fourth-order valence-corrected chi connectivity index (χ4v) is 2.58. The minimum Gasteiger partial charge on any atom is -0.465 e. The lowest BCUT2D eigenvalue weighted by Crippen LogP contribution is -1.96. The van der Waals surface area contributed by atoms with Crippen LogP contribution < -0.4 is 0 Å². The average Bonchev–Trinajstić information content (AvgIpc) is 2.45. The molecule has 0 unspecified atom stereocenters. The Kier molecular flexibility index (Phi) is 3.29. The Morgan fingerprint density at radius 3 is 2.83 bits per heavy atom. The molecular formula is C8H9BrO2S. The number of hydrogen-bond acceptors (Lipinski definition) is 3. The van der Waals surface area contributed by atoms with Crippen LogP contribution in [0.5, 0.6) is 0 Å². The van der Waals surface area contributed by atoms with Crippen molar-refractivity contribution in [1.29, 1.82) is 0 Å². The van der Waals surface area contributed by atoms with Gasteiger partial charge in [0.05, 0.1) is 7.11 Å². The molecule has 0 bridgehead atoms. The normalized spacial score (nSPS) is 9.92. The molecule has 0 spiro atoms. The van der Waals surface area contributed by atoms with Crippen molar-refractivity contribution >= 4 is 33.2 Å². The molecule has 2 nitrogen and oxygen atoms in total. The van der Waals surface area contributed by atoms with Gasteiger partial charge < -0.3 is 4.74 Å². The van der Waals surface area contributed by atoms with Crippen molar-refractivity contribution in [3.05, 3.63) is 21.4 Å². The van der Waals surface area contributed by atoms with Crippen molar-refractivity contribution in [3.8, 4) is 0 Å². The quantitative estimate of drug-likeness (QED) is 0.595. The molecule has 4 heteroatoms. The Bertz CT molecular complexity index is 293. The minimum atomic E-state index is -0.254. The topological polar surface area (TPSA) is 26.3 Å². The van der Waals surface area contributed by atoms with E-state index >= 15 is 0 Å². The summed E-state index contributed by atoms with van der Waals surface area (Å²) in [4.78, 5) is 12.9. The van der Waals surface area contributed by atoms with Crippen molar-refractivity contribution < 1.29 is 9.53 Å². The number of thiophene rings is 1. The number of hydrogen-bond donors (Lipinski definition) is 0. The van der Waals surface area contributed by atoms with E-state index in [9.17, 15) is 4.79 Å². The zero-order valence-electron chi connectivity index (χ0n) is 6.89. The van der Waals surface area contributed by atoms with Crippen LogP contribution in [-0.4, -0.2) is 13.1 Å². The molecule has 0 aliphatic rings. The van der Waals surface area contributed by atoms with Crippen LogP contribution in [0, 0.1) is 6.92 Å². The first-order chi connectivity index (χ1) is 5.69. The fourth-order valence-electron chi connectivity index (χ4n) is 0.854. The van der Waals surface area contributed by atoms with Crippen LogP contribution in [-0.2, 0) is 10.1 Å². The number of aryl methyl sites for hydroxylation is 1. The van der Waals surface area contributed by atoms with Gasteiger partial charge in [0.1, 0.15) is 4.88 Å². The number of carbonyl (C=O) groups is 1. The van der Waals surface area contributed by atoms with Crippen LogP contribution in [0.1, 0.15) is 20.1 Å². The van der Waals surface area contributed by atoms with Gasteiger partial charge in [0, 0.05) is 10.2 Å². The smallest absolute Gasteiger partial charge is 0.348 e. The third kappa shape index (κ3) is 1.87. The van der Waals surface area contributed by atoms with Gasteiger partial charge in [0.15, 0.2) is 0 Å². The lowest BCUT2D eigenvalue weighted by atomic mass is 10.3. The molecule has 0 amide bonds. The van der Waals surface area contributed by atoms with Gasteiger partial charge in [0.25, 0.3) is 0 Å². The first kappa shape index (κ1) is 9.74. The predicted octanol–water partition coefficient (Wildman–Crippen LogP) is 2.74. The van der Waals surface area contributed by atoms with Gasteiger partial charge in [-0.1, -0.05) is 15.9 Å². The van der Waals surface area contributed by atoms with Gasteiger partial charge >= 0.3 is 5.97 Å². The highest BCUT2D eigenvalue weighted by molar-refractivity contribution is 9.08. The van der Waals surface area contributed by atoms with E-state index < -0.39 is 0 Å². The van der Waals surface area contributed by atoms with Crippen LogP contribution in [0.4, 0.5) is 0 Å². The standard InChI is InChI=1S/C8H9BrO2S/c1-5-3-6(8(10)11-2)12-7(5)4-9/h3H,4H2,1-2H3. The second kappa shape index (κ2) is 4.05. The Labute approximate surface area is 83.7 Å². The molecule has 1 aromatic rings. The van der Waals surface area contributed by atoms with E-state index in [1.54, 1.807) is 0 Å². The fraction of sp³-hybridized carbons (Fsp3) is 0.375. The Morgan fingerprint density at radius 1 is 1.75 bits per heavy atom. The van der Waals surface area contributed by atoms with Crippen LogP contribution in [0.2, 0.25) is 0 Å². The van der Waals surface area contributed by atoms with Gasteiger partial charge in [-0.15, -0.1) is 11.3 Å². The zero-order chi connectivity index (χ0) is 9.14. The van der Waals surface area contributed by atoms with Crippen LogP contribution >= 0.6 is 27.3 Å². The third-order valence-corrected chi connectivity index (χ3v) is 3.68. The van der Waals surface area contributed by atoms with E-state index in [-0.39, 0.29) is 5.97 Å². The highest BCUT2D eigenvalue weighted by Gasteiger charge is 2.11. The number of halogens is 1. The van der Waals surface area contributed by atoms with Crippen molar-refractivity contribution in [2.75, 3.05) is 7.11 Å². The Hall–Kier alpha value is -0.350. The van der Waals surface area contributed by atoms with Gasteiger partial charge in [-0.3, -0.25) is 0 Å². The Balaban J connectivity index is 2.96. The summed E-state index contributed by atoms with van der Waals surface area (Å²) in [7, 11) is 1.39. The minimum absolute atomic E-state index is 0.254. The summed E-state index contributed by atoms with van der Waals surface area (Å²) in [6.07, 6.45) is 0. The lowest BCUT2D eigenvalue weighted by molar-refractivity contribution is 0.0606. The van der Waals surface area contributed by atoms with E-state index in [0.717, 1.165) is 10.9 Å². The molecule has 0 aromatic carbocycles. The maximum absolute atomic E-state index is 11.1. The van der Waals surface area contributed by atoms with E-state index in [4.69, 9.17) is 0 Å². The van der Waals surface area contributed by atoms with Gasteiger partial charge in [-0.25, -0.2) is 4.79 Å². The highest BCUT2D eigenvalue weighted by Crippen LogP contribution is 2.24. The van der Waals surface area contributed by atoms with E-state index in [1.807, 2.05) is 13.0 Å². The number of carbonyl (C=O) groups excluding carboxylic acids is 1. The summed E-state index contributed by atoms with van der Waals surface area (Å²) >= 11 is 4.82. The van der Waals surface area contributed by atoms with Crippen molar-refractivity contribution in [1.82, 2.24) is 0 Å². The SMILES string of the molecule is COC(=O)c1cc(C)c(CBr)s1. The summed E-state index contributed by atoms with van der Waals surface area (Å²) in [6.45, 7) is 1.99. The van der Waals surface area contributed by atoms with E-state index in [1.165, 1.54) is 23.3 Å². The molecule has 66 valence electrons. The molecule has 0 aliphatic heterocycles. The summed E-state index contributed by atoms with van der Waals surface area (Å²) in [5, 5.41) is 0.792. The maximum atomic E-state index is 11.1. The summed E-state index contributed by atoms with van der Waals surface area (Å²) in [5.74, 6) is -0.254. The molecule has 0 N–H and O–H groups in total. The van der Waals surface area contributed by atoms with E-state index in [0.29, 0.717) is 4.88 Å². The Morgan fingerprint density at radius 2 is 2.42 bits per heavy atom. The zero-order valence-corrected chi connectivity index (χ0v) is 9.29. The van der Waals surface area contributed by atoms with Crippen molar-refractivity contribution in [3.63, 3.8) is 0 Å². The molecular weight excluding hydrogens is 240 g/mol. The number of alkyl halides is 1. The third-order valence-electron chi connectivity index (χ3n) is 1.53. The second-order valence-electron chi connectivity index (χ2n) is 2.34. The highest BCUT2D eigenvalue weighted by atomic mass is 79.9. The van der Waals surface area contributed by atoms with Crippen molar-refractivity contribution in [2.24, 2.45) is 0 Å². The number of esters is 1. The predicted molar refractivity (Wildman–Crippen MR) is 53.0 cm³/mol. The first-order valence-electron chi connectivity index (χ1n) is 3.42. The molecule has 12 heavy (non-hydrogen) atoms. The summed E-state index contributed by atoms with van der Waals surface area (Å²) in [6, 6.07) is 1.85. The molecule has 0 fully saturated rings. The first-order valence-corrected chi connectivity index (χ1v) is 5.36. The van der Waals surface area contributed by atoms with Crippen molar-refractivity contribution in [2.45, 2.75) is 12.3 Å². The molecule has 0 radical (unpaired) electrons. The lowest BCUT2D eigenvalue weighted by Gasteiger charge is -1.91. The van der Waals surface area contributed by atoms with Crippen LogP contribution in [0.25, 0.3) is 0 Å². The van der Waals surface area contributed by atoms with Gasteiger partial charge in [0.2, 0.25) is 0 Å². The largest absolute Gasteiger partial charge is 0.465 e. The second-order valence-corrected chi connectivity index (χ2v) is 4.04. The molecule has 1 aromatic heterocycles. The van der Waals surface area contributed by atoms with Crippen LogP contribution in [0.3, 0.4) is 0 Å². The molecule has 0 atom stereocenters. The van der Waals surface area contributed by atoms with E-state index in [2.05, 4.69) is 20.7 Å². The summed E-state index contributed by atoms with van der Waals surface area (Å²) < 4.78 is 4.61. The molecule has 0 saturated carbocycles. The number of methoxy groups -OCH3 is 1. The number of ether oxygens (including phenoxy) is 1. The summed E-state index contributed by atoms with van der Waals surface area (Å²) in [5.41, 5.74) is 1.14. The monoisotopic (exact) mass is 248 g/mol. The van der Waals surface area contributed by atoms with Crippen LogP contribution in [0.15, 0.2) is 6.07 Å². The molecule has 1 rings (SSSR count). The van der Waals surface area contributed by atoms with Gasteiger partial charge in [-0.05, 0) is 18.6 Å². The maximum Gasteiger partial charge on any atom is 0.348 e. The molecule has 0 aliphatic carbocycles. The van der Waals surface area contributed by atoms with Gasteiger partial charge in [-0.2, -0.15) is 0 Å². The molecule has 0 saturated heterocycles. The molecule has 1 heterocycles.